The monoisotopic (exact) mass is 479 g/mol. The van der Waals surface area contributed by atoms with E-state index in [1.807, 2.05) is 61.5 Å². The van der Waals surface area contributed by atoms with E-state index in [0.717, 1.165) is 40.3 Å². The van der Waals surface area contributed by atoms with Crippen LogP contribution in [0.2, 0.25) is 5.02 Å². The fourth-order valence-electron chi connectivity index (χ4n) is 3.52. The zero-order chi connectivity index (χ0) is 23.0. The Kier molecular flexibility index (Phi) is 7.99. The van der Waals surface area contributed by atoms with Gasteiger partial charge in [-0.1, -0.05) is 47.6 Å². The molecule has 0 unspecified atom stereocenters. The van der Waals surface area contributed by atoms with E-state index >= 15 is 0 Å². The first-order valence-corrected chi connectivity index (χ1v) is 12.1. The summed E-state index contributed by atoms with van der Waals surface area (Å²) in [4.78, 5) is 6.30. The molecule has 0 bridgehead atoms. The Morgan fingerprint density at radius 2 is 1.82 bits per heavy atom. The van der Waals surface area contributed by atoms with Crippen LogP contribution < -0.4 is 4.74 Å². The Morgan fingerprint density at radius 1 is 1.00 bits per heavy atom. The SMILES string of the molecule is CCOc1ccccc1CN(C)Cc1nnc(SCc2ccncc2)n1-c1cccc(Cl)c1. The van der Waals surface area contributed by atoms with Gasteiger partial charge in [-0.15, -0.1) is 10.2 Å². The lowest BCUT2D eigenvalue weighted by Gasteiger charge is -2.19. The standard InChI is InChI=1S/C25H26ClN5OS/c1-3-32-23-10-5-4-7-20(23)16-30(2)17-24-28-29-25(33-18-19-11-13-27-14-12-19)31(24)22-9-6-8-21(26)15-22/h4-15H,3,16-18H2,1-2H3. The van der Waals surface area contributed by atoms with Crippen LogP contribution in [0.4, 0.5) is 0 Å². The molecule has 0 radical (unpaired) electrons. The van der Waals surface area contributed by atoms with Gasteiger partial charge < -0.3 is 4.74 Å². The highest BCUT2D eigenvalue weighted by Crippen LogP contribution is 2.27. The van der Waals surface area contributed by atoms with Crippen molar-refractivity contribution in [2.45, 2.75) is 30.9 Å². The van der Waals surface area contributed by atoms with Crippen molar-refractivity contribution in [3.63, 3.8) is 0 Å². The van der Waals surface area contributed by atoms with E-state index in [1.54, 1.807) is 24.2 Å². The number of halogens is 1. The van der Waals surface area contributed by atoms with Crippen LogP contribution in [-0.2, 0) is 18.8 Å². The summed E-state index contributed by atoms with van der Waals surface area (Å²) in [5.41, 5.74) is 3.27. The van der Waals surface area contributed by atoms with Crippen molar-refractivity contribution in [1.29, 1.82) is 0 Å². The largest absolute Gasteiger partial charge is 0.494 e. The molecule has 4 aromatic rings. The first-order valence-electron chi connectivity index (χ1n) is 10.7. The third kappa shape index (κ3) is 6.13. The number of aromatic nitrogens is 4. The minimum atomic E-state index is 0.621. The summed E-state index contributed by atoms with van der Waals surface area (Å²) in [5, 5.41) is 10.6. The molecule has 0 saturated carbocycles. The molecular weight excluding hydrogens is 454 g/mol. The molecule has 2 aromatic heterocycles. The van der Waals surface area contributed by atoms with E-state index < -0.39 is 0 Å². The molecule has 2 aromatic carbocycles. The molecule has 0 aliphatic carbocycles. The van der Waals surface area contributed by atoms with Gasteiger partial charge >= 0.3 is 0 Å². The Hall–Kier alpha value is -2.87. The smallest absolute Gasteiger partial charge is 0.196 e. The molecule has 4 rings (SSSR count). The highest BCUT2D eigenvalue weighted by Gasteiger charge is 2.17. The summed E-state index contributed by atoms with van der Waals surface area (Å²) in [6.07, 6.45) is 3.61. The molecule has 6 nitrogen and oxygen atoms in total. The number of para-hydroxylation sites is 1. The second-order valence-electron chi connectivity index (χ2n) is 7.57. The lowest BCUT2D eigenvalue weighted by Crippen LogP contribution is -2.20. The molecule has 2 heterocycles. The van der Waals surface area contributed by atoms with Gasteiger partial charge in [0.15, 0.2) is 11.0 Å². The zero-order valence-electron chi connectivity index (χ0n) is 18.7. The predicted molar refractivity (Wildman–Crippen MR) is 133 cm³/mol. The van der Waals surface area contributed by atoms with Crippen LogP contribution in [0, 0.1) is 0 Å². The lowest BCUT2D eigenvalue weighted by atomic mass is 10.2. The van der Waals surface area contributed by atoms with Crippen LogP contribution in [0.25, 0.3) is 5.69 Å². The van der Waals surface area contributed by atoms with Crippen molar-refractivity contribution < 1.29 is 4.74 Å². The van der Waals surface area contributed by atoms with Gasteiger partial charge in [-0.2, -0.15) is 0 Å². The molecule has 0 atom stereocenters. The fraction of sp³-hybridized carbons (Fsp3) is 0.240. The number of thioether (sulfide) groups is 1. The number of benzene rings is 2. The number of hydrogen-bond acceptors (Lipinski definition) is 6. The topological polar surface area (TPSA) is 56.1 Å². The van der Waals surface area contributed by atoms with Crippen molar-refractivity contribution in [2.24, 2.45) is 0 Å². The minimum Gasteiger partial charge on any atom is -0.494 e. The normalized spacial score (nSPS) is 11.2. The van der Waals surface area contributed by atoms with E-state index in [0.29, 0.717) is 18.2 Å². The molecule has 0 amide bonds. The number of nitrogens with zero attached hydrogens (tertiary/aromatic N) is 5. The first-order chi connectivity index (χ1) is 16.1. The van der Waals surface area contributed by atoms with Crippen molar-refractivity contribution >= 4 is 23.4 Å². The van der Waals surface area contributed by atoms with E-state index in [1.165, 1.54) is 5.56 Å². The molecule has 0 saturated heterocycles. The third-order valence-corrected chi connectivity index (χ3v) is 6.24. The Bertz CT molecular complexity index is 1180. The van der Waals surface area contributed by atoms with Crippen LogP contribution in [0.5, 0.6) is 5.75 Å². The second kappa shape index (κ2) is 11.3. The quantitative estimate of drug-likeness (QED) is 0.274. The summed E-state index contributed by atoms with van der Waals surface area (Å²) in [6, 6.07) is 19.9. The molecule has 0 spiro atoms. The molecule has 0 fully saturated rings. The Morgan fingerprint density at radius 3 is 2.61 bits per heavy atom. The minimum absolute atomic E-state index is 0.621. The van der Waals surface area contributed by atoms with Gasteiger partial charge in [0.25, 0.3) is 0 Å². The molecule has 0 aliphatic heterocycles. The summed E-state index contributed by atoms with van der Waals surface area (Å²) in [5.74, 6) is 2.54. The lowest BCUT2D eigenvalue weighted by molar-refractivity contribution is 0.291. The average molecular weight is 480 g/mol. The number of rotatable bonds is 10. The van der Waals surface area contributed by atoms with Crippen LogP contribution in [0.1, 0.15) is 23.9 Å². The molecule has 0 N–H and O–H groups in total. The maximum Gasteiger partial charge on any atom is 0.196 e. The van der Waals surface area contributed by atoms with Gasteiger partial charge in [0.05, 0.1) is 18.8 Å². The van der Waals surface area contributed by atoms with E-state index in [4.69, 9.17) is 16.3 Å². The van der Waals surface area contributed by atoms with Crippen LogP contribution in [0.15, 0.2) is 78.2 Å². The molecule has 0 aliphatic rings. The van der Waals surface area contributed by atoms with Gasteiger partial charge in [-0.25, -0.2) is 0 Å². The van der Waals surface area contributed by atoms with Crippen molar-refractivity contribution in [3.05, 3.63) is 95.0 Å². The molecule has 170 valence electrons. The summed E-state index contributed by atoms with van der Waals surface area (Å²) in [6.45, 7) is 3.99. The third-order valence-electron chi connectivity index (χ3n) is 5.01. The van der Waals surface area contributed by atoms with Gasteiger partial charge in [-0.3, -0.25) is 14.5 Å². The number of pyridine rings is 1. The highest BCUT2D eigenvalue weighted by molar-refractivity contribution is 7.98. The van der Waals surface area contributed by atoms with Crippen LogP contribution in [0.3, 0.4) is 0 Å². The van der Waals surface area contributed by atoms with E-state index in [9.17, 15) is 0 Å². The van der Waals surface area contributed by atoms with E-state index in [-0.39, 0.29) is 0 Å². The van der Waals surface area contributed by atoms with Crippen LogP contribution in [-0.4, -0.2) is 38.3 Å². The molecule has 33 heavy (non-hydrogen) atoms. The maximum absolute atomic E-state index is 6.31. The van der Waals surface area contributed by atoms with Gasteiger partial charge in [0.2, 0.25) is 0 Å². The van der Waals surface area contributed by atoms with E-state index in [2.05, 4.69) is 37.8 Å². The van der Waals surface area contributed by atoms with Crippen molar-refractivity contribution in [2.75, 3.05) is 13.7 Å². The number of ether oxygens (including phenoxy) is 1. The van der Waals surface area contributed by atoms with Crippen molar-refractivity contribution in [3.8, 4) is 11.4 Å². The van der Waals surface area contributed by atoms with Crippen LogP contribution >= 0.6 is 23.4 Å². The Balaban J connectivity index is 1.57. The molecule has 8 heteroatoms. The summed E-state index contributed by atoms with van der Waals surface area (Å²) in [7, 11) is 2.07. The van der Waals surface area contributed by atoms with Gasteiger partial charge in [0.1, 0.15) is 5.75 Å². The average Bonchev–Trinajstić information content (AvgIpc) is 3.22. The first kappa shape index (κ1) is 23.3. The Labute approximate surface area is 203 Å². The summed E-state index contributed by atoms with van der Waals surface area (Å²) < 4.78 is 7.88. The maximum atomic E-state index is 6.31. The second-order valence-corrected chi connectivity index (χ2v) is 8.95. The predicted octanol–water partition coefficient (Wildman–Crippen LogP) is 5.64. The van der Waals surface area contributed by atoms with Gasteiger partial charge in [0, 0.05) is 35.3 Å². The zero-order valence-corrected chi connectivity index (χ0v) is 20.3. The highest BCUT2D eigenvalue weighted by atomic mass is 35.5. The van der Waals surface area contributed by atoms with Gasteiger partial charge in [-0.05, 0) is 55.9 Å². The van der Waals surface area contributed by atoms with Crippen molar-refractivity contribution in [1.82, 2.24) is 24.6 Å². The molecular formula is C25H26ClN5OS. The fourth-order valence-corrected chi connectivity index (χ4v) is 4.63. The number of hydrogen-bond donors (Lipinski definition) is 0. The summed E-state index contributed by atoms with van der Waals surface area (Å²) >= 11 is 7.95.